The molecule has 3 nitrogen and oxygen atoms in total. The van der Waals surface area contributed by atoms with Gasteiger partial charge in [0.05, 0.1) is 0 Å². The van der Waals surface area contributed by atoms with Crippen LogP contribution in [0.3, 0.4) is 0 Å². The summed E-state index contributed by atoms with van der Waals surface area (Å²) >= 11 is 0. The Morgan fingerprint density at radius 3 is 2.53 bits per heavy atom. The summed E-state index contributed by atoms with van der Waals surface area (Å²) in [5.74, 6) is 5.11. The molecular formula is C35H52O3. The van der Waals surface area contributed by atoms with Crippen molar-refractivity contribution in [3.63, 3.8) is 0 Å². The highest BCUT2D eigenvalue weighted by atomic mass is 16.7. The van der Waals surface area contributed by atoms with E-state index >= 15 is 0 Å². The van der Waals surface area contributed by atoms with Crippen LogP contribution in [0.1, 0.15) is 111 Å². The van der Waals surface area contributed by atoms with Gasteiger partial charge in [0.2, 0.25) is 0 Å². The number of carbonyl (C=O) groups excluding carboxylic acids is 1. The average molecular weight is 521 g/mol. The number of benzene rings is 1. The van der Waals surface area contributed by atoms with E-state index in [1.54, 1.807) is 5.57 Å². The molecule has 0 bridgehead atoms. The molecule has 4 aliphatic rings. The molecule has 0 N–H and O–H groups in total. The first-order valence-corrected chi connectivity index (χ1v) is 15.8. The summed E-state index contributed by atoms with van der Waals surface area (Å²) < 4.78 is 11.2. The molecule has 38 heavy (non-hydrogen) atoms. The second-order valence-electron chi connectivity index (χ2n) is 14.3. The molecule has 0 amide bonds. The lowest BCUT2D eigenvalue weighted by Gasteiger charge is -2.58. The van der Waals surface area contributed by atoms with Crippen molar-refractivity contribution in [2.75, 3.05) is 0 Å². The summed E-state index contributed by atoms with van der Waals surface area (Å²) in [5.41, 5.74) is 3.36. The summed E-state index contributed by atoms with van der Waals surface area (Å²) in [6.45, 7) is 12.8. The zero-order chi connectivity index (χ0) is 26.9. The highest BCUT2D eigenvalue weighted by molar-refractivity contribution is 5.60. The number of carbonyl (C=O) groups is 1. The lowest BCUT2D eigenvalue weighted by Crippen LogP contribution is -2.51. The topological polar surface area (TPSA) is 35.5 Å². The van der Waals surface area contributed by atoms with Crippen LogP contribution in [-0.4, -0.2) is 12.3 Å². The van der Waals surface area contributed by atoms with E-state index in [9.17, 15) is 4.79 Å². The van der Waals surface area contributed by atoms with Crippen LogP contribution in [0.25, 0.3) is 0 Å². The van der Waals surface area contributed by atoms with Gasteiger partial charge >= 0.3 is 6.16 Å². The Morgan fingerprint density at radius 2 is 1.76 bits per heavy atom. The van der Waals surface area contributed by atoms with Crippen LogP contribution in [0.5, 0.6) is 0 Å². The standard InChI is InChI=1S/C35H52O3/c1-24(2)10-9-11-25(3)30-16-17-31-29-15-14-27-22-28(38-33(36)37-23-26-12-7-6-8-13-26)18-20-34(27,4)32(29)19-21-35(30,31)5/h6-8,12-14,24-25,28-32H,9-11,15-23H2,1-5H3/t25-,28-,29-,30-,31+,32+,34-,35+/m0/s1. The van der Waals surface area contributed by atoms with Crippen LogP contribution in [0, 0.1) is 46.3 Å². The molecule has 0 saturated heterocycles. The fourth-order valence-electron chi connectivity index (χ4n) is 9.64. The third-order valence-electron chi connectivity index (χ3n) is 11.7. The second kappa shape index (κ2) is 11.4. The van der Waals surface area contributed by atoms with Crippen LogP contribution in [0.15, 0.2) is 42.0 Å². The Hall–Kier alpha value is -1.77. The molecule has 0 aliphatic heterocycles. The number of rotatable bonds is 8. The molecule has 3 saturated carbocycles. The van der Waals surface area contributed by atoms with E-state index in [1.165, 1.54) is 51.4 Å². The van der Waals surface area contributed by atoms with E-state index in [0.29, 0.717) is 5.41 Å². The van der Waals surface area contributed by atoms with Crippen LogP contribution >= 0.6 is 0 Å². The zero-order valence-electron chi connectivity index (χ0n) is 24.7. The summed E-state index contributed by atoms with van der Waals surface area (Å²) in [6.07, 6.45) is 16.1. The lowest BCUT2D eigenvalue weighted by atomic mass is 9.47. The first-order chi connectivity index (χ1) is 18.2. The predicted octanol–water partition coefficient (Wildman–Crippen LogP) is 9.75. The minimum absolute atomic E-state index is 0.0504. The highest BCUT2D eigenvalue weighted by Crippen LogP contribution is 2.67. The van der Waals surface area contributed by atoms with Gasteiger partial charge < -0.3 is 9.47 Å². The maximum atomic E-state index is 12.4. The normalized spacial score (nSPS) is 37.0. The van der Waals surface area contributed by atoms with Gasteiger partial charge in [0.1, 0.15) is 12.7 Å². The number of hydrogen-bond acceptors (Lipinski definition) is 3. The molecule has 5 rings (SSSR count). The molecule has 1 aromatic rings. The van der Waals surface area contributed by atoms with Gasteiger partial charge in [0, 0.05) is 6.42 Å². The summed E-state index contributed by atoms with van der Waals surface area (Å²) in [4.78, 5) is 12.4. The predicted molar refractivity (Wildman–Crippen MR) is 155 cm³/mol. The smallest absolute Gasteiger partial charge is 0.431 e. The Labute approximate surface area is 232 Å². The molecule has 0 spiro atoms. The summed E-state index contributed by atoms with van der Waals surface area (Å²) in [6, 6.07) is 9.83. The van der Waals surface area contributed by atoms with Gasteiger partial charge in [-0.3, -0.25) is 0 Å². The number of fused-ring (bicyclic) bond motifs is 5. The molecule has 8 atom stereocenters. The van der Waals surface area contributed by atoms with Crippen molar-refractivity contribution in [1.29, 1.82) is 0 Å². The monoisotopic (exact) mass is 520 g/mol. The largest absolute Gasteiger partial charge is 0.508 e. The quantitative estimate of drug-likeness (QED) is 0.253. The average Bonchev–Trinajstić information content (AvgIpc) is 3.25. The van der Waals surface area contributed by atoms with Crippen LogP contribution in [0.4, 0.5) is 4.79 Å². The van der Waals surface area contributed by atoms with E-state index in [4.69, 9.17) is 9.47 Å². The van der Waals surface area contributed by atoms with E-state index in [0.717, 1.165) is 60.3 Å². The van der Waals surface area contributed by atoms with Gasteiger partial charge in [-0.05, 0) is 96.8 Å². The van der Waals surface area contributed by atoms with Crippen molar-refractivity contribution in [2.24, 2.45) is 46.3 Å². The molecule has 0 aromatic heterocycles. The lowest BCUT2D eigenvalue weighted by molar-refractivity contribution is -0.0620. The molecule has 3 fully saturated rings. The Balaban J connectivity index is 1.19. The summed E-state index contributed by atoms with van der Waals surface area (Å²) in [5, 5.41) is 0. The van der Waals surface area contributed by atoms with E-state index < -0.39 is 6.16 Å². The first kappa shape index (κ1) is 27.8. The summed E-state index contributed by atoms with van der Waals surface area (Å²) in [7, 11) is 0. The van der Waals surface area contributed by atoms with Crippen molar-refractivity contribution in [2.45, 2.75) is 118 Å². The third kappa shape index (κ3) is 5.46. The molecule has 0 radical (unpaired) electrons. The van der Waals surface area contributed by atoms with Crippen molar-refractivity contribution >= 4 is 6.16 Å². The van der Waals surface area contributed by atoms with Crippen LogP contribution < -0.4 is 0 Å². The maximum Gasteiger partial charge on any atom is 0.508 e. The highest BCUT2D eigenvalue weighted by Gasteiger charge is 2.59. The van der Waals surface area contributed by atoms with Crippen LogP contribution in [-0.2, 0) is 16.1 Å². The number of ether oxygens (including phenoxy) is 2. The van der Waals surface area contributed by atoms with Gasteiger partial charge in [-0.1, -0.05) is 95.9 Å². The molecule has 0 unspecified atom stereocenters. The van der Waals surface area contributed by atoms with Gasteiger partial charge in [0.25, 0.3) is 0 Å². The third-order valence-corrected chi connectivity index (χ3v) is 11.7. The molecule has 4 aliphatic carbocycles. The number of allylic oxidation sites excluding steroid dienone is 1. The Kier molecular flexibility index (Phi) is 8.32. The van der Waals surface area contributed by atoms with Crippen molar-refractivity contribution in [1.82, 2.24) is 0 Å². The van der Waals surface area contributed by atoms with E-state index in [2.05, 4.69) is 40.7 Å². The maximum absolute atomic E-state index is 12.4. The molecule has 3 heteroatoms. The van der Waals surface area contributed by atoms with Crippen molar-refractivity contribution < 1.29 is 14.3 Å². The van der Waals surface area contributed by atoms with Crippen molar-refractivity contribution in [3.8, 4) is 0 Å². The van der Waals surface area contributed by atoms with E-state index in [1.807, 2.05) is 30.3 Å². The Bertz CT molecular complexity index is 982. The second-order valence-corrected chi connectivity index (χ2v) is 14.3. The van der Waals surface area contributed by atoms with Gasteiger partial charge in [-0.15, -0.1) is 0 Å². The fourth-order valence-corrected chi connectivity index (χ4v) is 9.64. The minimum atomic E-state index is -0.523. The fraction of sp³-hybridized carbons (Fsp3) is 0.743. The minimum Gasteiger partial charge on any atom is -0.431 e. The van der Waals surface area contributed by atoms with E-state index in [-0.39, 0.29) is 18.1 Å². The van der Waals surface area contributed by atoms with Gasteiger partial charge in [0.15, 0.2) is 0 Å². The van der Waals surface area contributed by atoms with Gasteiger partial charge in [-0.2, -0.15) is 0 Å². The molecule has 0 heterocycles. The first-order valence-electron chi connectivity index (χ1n) is 15.8. The Morgan fingerprint density at radius 1 is 0.974 bits per heavy atom. The SMILES string of the molecule is CC(C)CCC[C@H](C)[C@@H]1CC[C@@H]2[C@@H]3CC=C4C[C@@H](OC(=O)OCc5ccccc5)CC[C@]4(C)[C@@H]3CC[C@@]21C. The molecule has 210 valence electrons. The van der Waals surface area contributed by atoms with Crippen LogP contribution in [0.2, 0.25) is 0 Å². The van der Waals surface area contributed by atoms with Crippen molar-refractivity contribution in [3.05, 3.63) is 47.5 Å². The zero-order valence-corrected chi connectivity index (χ0v) is 24.7. The van der Waals surface area contributed by atoms with Gasteiger partial charge in [-0.25, -0.2) is 4.79 Å². The molecule has 1 aromatic carbocycles. The molecular weight excluding hydrogens is 468 g/mol. The number of hydrogen-bond donors (Lipinski definition) is 0.